The molecule has 0 aromatic heterocycles. The molecule has 1 saturated heterocycles. The van der Waals surface area contributed by atoms with E-state index < -0.39 is 0 Å². The molecule has 1 aromatic carbocycles. The van der Waals surface area contributed by atoms with E-state index in [9.17, 15) is 0 Å². The molecule has 0 aliphatic carbocycles. The summed E-state index contributed by atoms with van der Waals surface area (Å²) in [4.78, 5) is 2.29. The van der Waals surface area contributed by atoms with Crippen LogP contribution < -0.4 is 10.6 Å². The van der Waals surface area contributed by atoms with Crippen LogP contribution in [0.15, 0.2) is 30.3 Å². The maximum absolute atomic E-state index is 3.70. The highest BCUT2D eigenvalue weighted by Crippen LogP contribution is 2.17. The Morgan fingerprint density at radius 1 is 1.32 bits per heavy atom. The van der Waals surface area contributed by atoms with Gasteiger partial charge < -0.3 is 15.5 Å². The van der Waals surface area contributed by atoms with Gasteiger partial charge in [0, 0.05) is 25.2 Å². The van der Waals surface area contributed by atoms with E-state index in [0.717, 1.165) is 13.1 Å². The van der Waals surface area contributed by atoms with Crippen LogP contribution in [0.4, 0.5) is 0 Å². The molecule has 19 heavy (non-hydrogen) atoms. The number of nitrogens with zero attached hydrogens (tertiary/aromatic N) is 1. The van der Waals surface area contributed by atoms with Crippen LogP contribution in [-0.4, -0.2) is 44.7 Å². The van der Waals surface area contributed by atoms with Crippen LogP contribution >= 0.6 is 12.4 Å². The van der Waals surface area contributed by atoms with Crippen LogP contribution in [0.2, 0.25) is 0 Å². The molecule has 0 amide bonds. The lowest BCUT2D eigenvalue weighted by Crippen LogP contribution is -2.45. The number of hydrogen-bond acceptors (Lipinski definition) is 3. The zero-order valence-corrected chi connectivity index (χ0v) is 12.7. The van der Waals surface area contributed by atoms with E-state index in [1.54, 1.807) is 0 Å². The molecule has 0 bridgehead atoms. The molecule has 3 nitrogen and oxygen atoms in total. The summed E-state index contributed by atoms with van der Waals surface area (Å²) in [6.45, 7) is 3.30. The highest BCUT2D eigenvalue weighted by Gasteiger charge is 2.17. The molecule has 2 rings (SSSR count). The number of piperidine rings is 1. The summed E-state index contributed by atoms with van der Waals surface area (Å²) in [5.41, 5.74) is 1.39. The van der Waals surface area contributed by atoms with Gasteiger partial charge in [-0.2, -0.15) is 0 Å². The Hall–Kier alpha value is -0.610. The predicted octanol–water partition coefficient (Wildman–Crippen LogP) is 2.05. The maximum atomic E-state index is 3.70. The van der Waals surface area contributed by atoms with Crippen molar-refractivity contribution in [2.24, 2.45) is 0 Å². The second-order valence-corrected chi connectivity index (χ2v) is 5.34. The molecule has 1 aliphatic rings. The monoisotopic (exact) mass is 283 g/mol. The lowest BCUT2D eigenvalue weighted by molar-refractivity contribution is 0.269. The number of benzene rings is 1. The zero-order valence-electron chi connectivity index (χ0n) is 11.9. The van der Waals surface area contributed by atoms with E-state index in [2.05, 4.69) is 60.0 Å². The molecule has 2 atom stereocenters. The van der Waals surface area contributed by atoms with Crippen LogP contribution in [0.1, 0.15) is 24.4 Å². The lowest BCUT2D eigenvalue weighted by atomic mass is 10.0. The van der Waals surface area contributed by atoms with Gasteiger partial charge in [-0.1, -0.05) is 30.3 Å². The van der Waals surface area contributed by atoms with Gasteiger partial charge in [-0.3, -0.25) is 0 Å². The van der Waals surface area contributed by atoms with E-state index in [1.165, 1.54) is 24.9 Å². The van der Waals surface area contributed by atoms with Crippen molar-refractivity contribution in [2.45, 2.75) is 24.9 Å². The molecule has 2 N–H and O–H groups in total. The number of likely N-dealkylation sites (N-methyl/N-ethyl adjacent to an activating group) is 1. The molecular formula is C15H26ClN3. The molecule has 1 aliphatic heterocycles. The fourth-order valence-corrected chi connectivity index (χ4v) is 2.58. The van der Waals surface area contributed by atoms with E-state index in [-0.39, 0.29) is 12.4 Å². The van der Waals surface area contributed by atoms with Gasteiger partial charge >= 0.3 is 0 Å². The van der Waals surface area contributed by atoms with Gasteiger partial charge in [0.1, 0.15) is 0 Å². The number of halogens is 1. The molecule has 4 heteroatoms. The Balaban J connectivity index is 0.00000180. The molecule has 2 unspecified atom stereocenters. The first kappa shape index (κ1) is 16.4. The second kappa shape index (κ2) is 8.54. The van der Waals surface area contributed by atoms with Crippen molar-refractivity contribution >= 4 is 12.4 Å². The summed E-state index contributed by atoms with van der Waals surface area (Å²) < 4.78 is 0. The molecule has 1 fully saturated rings. The SMILES string of the molecule is CN(C)C(CNC1CCCNC1)c1ccccc1.Cl. The fraction of sp³-hybridized carbons (Fsp3) is 0.600. The third-order valence-electron chi connectivity index (χ3n) is 3.70. The molecular weight excluding hydrogens is 258 g/mol. The fourth-order valence-electron chi connectivity index (χ4n) is 2.58. The minimum absolute atomic E-state index is 0. The zero-order chi connectivity index (χ0) is 12.8. The highest BCUT2D eigenvalue weighted by molar-refractivity contribution is 5.85. The first-order valence-corrected chi connectivity index (χ1v) is 6.93. The van der Waals surface area contributed by atoms with Gasteiger partial charge in [-0.15, -0.1) is 12.4 Å². The van der Waals surface area contributed by atoms with Crippen LogP contribution in [0, 0.1) is 0 Å². The predicted molar refractivity (Wildman–Crippen MR) is 84.0 cm³/mol. The largest absolute Gasteiger partial charge is 0.315 e. The van der Waals surface area contributed by atoms with E-state index >= 15 is 0 Å². The lowest BCUT2D eigenvalue weighted by Gasteiger charge is -2.29. The molecule has 0 spiro atoms. The molecule has 1 aromatic rings. The number of rotatable bonds is 5. The third-order valence-corrected chi connectivity index (χ3v) is 3.70. The topological polar surface area (TPSA) is 27.3 Å². The van der Waals surface area contributed by atoms with Crippen molar-refractivity contribution in [3.63, 3.8) is 0 Å². The van der Waals surface area contributed by atoms with E-state index in [1.807, 2.05) is 0 Å². The minimum atomic E-state index is 0. The van der Waals surface area contributed by atoms with Crippen LogP contribution in [0.3, 0.4) is 0 Å². The summed E-state index contributed by atoms with van der Waals surface area (Å²) in [7, 11) is 4.30. The van der Waals surface area contributed by atoms with E-state index in [4.69, 9.17) is 0 Å². The average molecular weight is 284 g/mol. The van der Waals surface area contributed by atoms with Gasteiger partial charge in [0.2, 0.25) is 0 Å². The maximum Gasteiger partial charge on any atom is 0.0466 e. The van der Waals surface area contributed by atoms with Crippen molar-refractivity contribution < 1.29 is 0 Å². The first-order chi connectivity index (χ1) is 8.77. The van der Waals surface area contributed by atoms with E-state index in [0.29, 0.717) is 12.1 Å². The van der Waals surface area contributed by atoms with Crippen molar-refractivity contribution in [3.05, 3.63) is 35.9 Å². The third kappa shape index (κ3) is 5.11. The summed E-state index contributed by atoms with van der Waals surface area (Å²) in [6.07, 6.45) is 2.58. The highest BCUT2D eigenvalue weighted by atomic mass is 35.5. The van der Waals surface area contributed by atoms with Crippen molar-refractivity contribution in [3.8, 4) is 0 Å². The summed E-state index contributed by atoms with van der Waals surface area (Å²) >= 11 is 0. The normalized spacial score (nSPS) is 20.9. The van der Waals surface area contributed by atoms with Gasteiger partial charge in [-0.05, 0) is 39.0 Å². The molecule has 108 valence electrons. The molecule has 0 saturated carbocycles. The van der Waals surface area contributed by atoms with Crippen molar-refractivity contribution in [1.82, 2.24) is 15.5 Å². The average Bonchev–Trinajstić information content (AvgIpc) is 2.41. The van der Waals surface area contributed by atoms with Crippen molar-refractivity contribution in [2.75, 3.05) is 33.7 Å². The first-order valence-electron chi connectivity index (χ1n) is 6.93. The Labute approximate surface area is 123 Å². The number of hydrogen-bond donors (Lipinski definition) is 2. The smallest absolute Gasteiger partial charge is 0.0466 e. The van der Waals surface area contributed by atoms with Gasteiger partial charge in [0.25, 0.3) is 0 Å². The minimum Gasteiger partial charge on any atom is -0.315 e. The van der Waals surface area contributed by atoms with Gasteiger partial charge in [-0.25, -0.2) is 0 Å². The van der Waals surface area contributed by atoms with Gasteiger partial charge in [0.05, 0.1) is 0 Å². The van der Waals surface area contributed by atoms with Crippen LogP contribution in [0.25, 0.3) is 0 Å². The Bertz CT molecular complexity index is 337. The van der Waals surface area contributed by atoms with Crippen LogP contribution in [0.5, 0.6) is 0 Å². The summed E-state index contributed by atoms with van der Waals surface area (Å²) in [5, 5.41) is 7.15. The summed E-state index contributed by atoms with van der Waals surface area (Å²) in [5.74, 6) is 0. The Morgan fingerprint density at radius 3 is 2.63 bits per heavy atom. The quantitative estimate of drug-likeness (QED) is 0.866. The van der Waals surface area contributed by atoms with Crippen molar-refractivity contribution in [1.29, 1.82) is 0 Å². The standard InChI is InChI=1S/C15H25N3.ClH/c1-18(2)15(13-7-4-3-5-8-13)12-17-14-9-6-10-16-11-14;/h3-5,7-8,14-17H,6,9-12H2,1-2H3;1H. The van der Waals surface area contributed by atoms with Gasteiger partial charge in [0.15, 0.2) is 0 Å². The Morgan fingerprint density at radius 2 is 2.05 bits per heavy atom. The summed E-state index contributed by atoms with van der Waals surface area (Å²) in [6, 6.07) is 11.8. The second-order valence-electron chi connectivity index (χ2n) is 5.34. The molecule has 1 heterocycles. The van der Waals surface area contributed by atoms with Crippen LogP contribution in [-0.2, 0) is 0 Å². The molecule has 0 radical (unpaired) electrons. The number of nitrogens with one attached hydrogen (secondary N) is 2. The Kier molecular flexibility index (Phi) is 7.39.